The molecule has 2 fully saturated rings. The third-order valence-corrected chi connectivity index (χ3v) is 3.64. The summed E-state index contributed by atoms with van der Waals surface area (Å²) in [6.45, 7) is 4.85. The highest BCUT2D eigenvalue weighted by molar-refractivity contribution is 4.97. The Balaban J connectivity index is 1.60. The molecule has 19 heavy (non-hydrogen) atoms. The highest BCUT2D eigenvalue weighted by Gasteiger charge is 2.32. The minimum Gasteiger partial charge on any atom is -0.376 e. The van der Waals surface area contributed by atoms with Crippen LogP contribution < -0.4 is 5.32 Å². The molecule has 3 rings (SSSR count). The molecule has 0 bridgehead atoms. The smallest absolute Gasteiger partial charge is 0.228 e. The van der Waals surface area contributed by atoms with Crippen molar-refractivity contribution >= 4 is 0 Å². The Hall–Kier alpha value is -0.980. The lowest BCUT2D eigenvalue weighted by Gasteiger charge is -2.19. The normalized spacial score (nSPS) is 25.4. The maximum atomic E-state index is 5.56. The zero-order valence-electron chi connectivity index (χ0n) is 11.3. The molecule has 0 amide bonds. The summed E-state index contributed by atoms with van der Waals surface area (Å²) in [5, 5.41) is 7.51. The quantitative estimate of drug-likeness (QED) is 0.832. The molecule has 6 nitrogen and oxygen atoms in total. The van der Waals surface area contributed by atoms with E-state index < -0.39 is 0 Å². The van der Waals surface area contributed by atoms with Crippen LogP contribution in [0.5, 0.6) is 0 Å². The third kappa shape index (κ3) is 3.32. The van der Waals surface area contributed by atoms with Gasteiger partial charge in [0.25, 0.3) is 0 Å². The van der Waals surface area contributed by atoms with Crippen molar-refractivity contribution in [2.45, 2.75) is 38.3 Å². The van der Waals surface area contributed by atoms with Gasteiger partial charge in [0, 0.05) is 12.5 Å². The predicted octanol–water partition coefficient (Wildman–Crippen LogP) is 1.09. The zero-order chi connectivity index (χ0) is 13.1. The van der Waals surface area contributed by atoms with Crippen LogP contribution in [0.3, 0.4) is 0 Å². The molecule has 1 aromatic rings. The summed E-state index contributed by atoms with van der Waals surface area (Å²) in [7, 11) is 0. The summed E-state index contributed by atoms with van der Waals surface area (Å²) in [5.41, 5.74) is 0. The van der Waals surface area contributed by atoms with E-state index in [0.29, 0.717) is 37.6 Å². The van der Waals surface area contributed by atoms with Gasteiger partial charge in [-0.15, -0.1) is 0 Å². The number of nitrogens with one attached hydrogen (secondary N) is 1. The summed E-state index contributed by atoms with van der Waals surface area (Å²) in [5.74, 6) is 2.08. The molecular weight excluding hydrogens is 246 g/mol. The predicted molar refractivity (Wildman–Crippen MR) is 67.7 cm³/mol. The Morgan fingerprint density at radius 2 is 2.26 bits per heavy atom. The molecular formula is C13H21N3O3. The molecule has 2 unspecified atom stereocenters. The van der Waals surface area contributed by atoms with E-state index in [1.807, 2.05) is 0 Å². The monoisotopic (exact) mass is 267 g/mol. The van der Waals surface area contributed by atoms with Gasteiger partial charge >= 0.3 is 0 Å². The number of ether oxygens (including phenoxy) is 2. The number of likely N-dealkylation sites (N-methyl/N-ethyl adjacent to an activating group) is 1. The molecule has 2 atom stereocenters. The lowest BCUT2D eigenvalue weighted by molar-refractivity contribution is -0.0941. The van der Waals surface area contributed by atoms with E-state index in [-0.39, 0.29) is 6.10 Å². The largest absolute Gasteiger partial charge is 0.376 e. The van der Waals surface area contributed by atoms with Crippen LogP contribution in [0.1, 0.15) is 37.6 Å². The second-order valence-corrected chi connectivity index (χ2v) is 5.19. The van der Waals surface area contributed by atoms with E-state index in [2.05, 4.69) is 22.4 Å². The molecule has 2 heterocycles. The first kappa shape index (κ1) is 13.0. The highest BCUT2D eigenvalue weighted by atomic mass is 16.6. The molecule has 1 aliphatic heterocycles. The fraction of sp³-hybridized carbons (Fsp3) is 0.846. The molecule has 2 aliphatic rings. The maximum Gasteiger partial charge on any atom is 0.228 e. The summed E-state index contributed by atoms with van der Waals surface area (Å²) >= 11 is 0. The van der Waals surface area contributed by atoms with Gasteiger partial charge in [0.2, 0.25) is 11.7 Å². The molecule has 6 heteroatoms. The Morgan fingerprint density at radius 1 is 1.37 bits per heavy atom. The average Bonchev–Trinajstić information content (AvgIpc) is 3.19. The topological polar surface area (TPSA) is 69.4 Å². The number of nitrogens with zero attached hydrogens (tertiary/aromatic N) is 2. The van der Waals surface area contributed by atoms with Gasteiger partial charge in [-0.05, 0) is 25.3 Å². The van der Waals surface area contributed by atoms with Crippen LogP contribution >= 0.6 is 0 Å². The van der Waals surface area contributed by atoms with Gasteiger partial charge in [0.15, 0.2) is 0 Å². The SMILES string of the molecule is CCNC(Cc1nc(C2COCCO2)no1)C1CC1. The third-order valence-electron chi connectivity index (χ3n) is 3.64. The molecule has 1 saturated carbocycles. The van der Waals surface area contributed by atoms with Crippen LogP contribution in [0.25, 0.3) is 0 Å². The zero-order valence-corrected chi connectivity index (χ0v) is 11.3. The first-order valence-electron chi connectivity index (χ1n) is 7.12. The fourth-order valence-electron chi connectivity index (χ4n) is 2.47. The number of hydrogen-bond acceptors (Lipinski definition) is 6. The van der Waals surface area contributed by atoms with E-state index in [1.54, 1.807) is 0 Å². The molecule has 1 N–H and O–H groups in total. The molecule has 0 aromatic carbocycles. The highest BCUT2D eigenvalue weighted by Crippen LogP contribution is 2.34. The Morgan fingerprint density at radius 3 is 2.95 bits per heavy atom. The van der Waals surface area contributed by atoms with Crippen LogP contribution in [0.4, 0.5) is 0 Å². The molecule has 0 radical (unpaired) electrons. The second-order valence-electron chi connectivity index (χ2n) is 5.19. The minimum atomic E-state index is -0.176. The van der Waals surface area contributed by atoms with E-state index in [1.165, 1.54) is 12.8 Å². The summed E-state index contributed by atoms with van der Waals surface area (Å²) < 4.78 is 16.3. The number of rotatable bonds is 6. The van der Waals surface area contributed by atoms with E-state index in [9.17, 15) is 0 Å². The first-order chi connectivity index (χ1) is 9.36. The van der Waals surface area contributed by atoms with Gasteiger partial charge in [-0.25, -0.2) is 0 Å². The van der Waals surface area contributed by atoms with E-state index >= 15 is 0 Å². The van der Waals surface area contributed by atoms with Crippen molar-refractivity contribution in [1.29, 1.82) is 0 Å². The lowest BCUT2D eigenvalue weighted by atomic mass is 10.1. The van der Waals surface area contributed by atoms with Gasteiger partial charge in [-0.1, -0.05) is 12.1 Å². The van der Waals surface area contributed by atoms with Gasteiger partial charge in [-0.2, -0.15) is 4.98 Å². The van der Waals surface area contributed by atoms with Crippen molar-refractivity contribution in [2.24, 2.45) is 5.92 Å². The van der Waals surface area contributed by atoms with Gasteiger partial charge in [-0.3, -0.25) is 0 Å². The fourth-order valence-corrected chi connectivity index (χ4v) is 2.47. The van der Waals surface area contributed by atoms with Gasteiger partial charge in [0.05, 0.1) is 19.8 Å². The summed E-state index contributed by atoms with van der Waals surface area (Å²) in [4.78, 5) is 4.44. The average molecular weight is 267 g/mol. The first-order valence-corrected chi connectivity index (χ1v) is 7.12. The molecule has 1 aromatic heterocycles. The van der Waals surface area contributed by atoms with Crippen molar-refractivity contribution in [2.75, 3.05) is 26.4 Å². The van der Waals surface area contributed by atoms with Crippen LogP contribution in [0.15, 0.2) is 4.52 Å². The van der Waals surface area contributed by atoms with Crippen molar-refractivity contribution < 1.29 is 14.0 Å². The minimum absolute atomic E-state index is 0.176. The van der Waals surface area contributed by atoms with E-state index in [0.717, 1.165) is 18.9 Å². The Labute approximate surface area is 112 Å². The molecule has 1 saturated heterocycles. The van der Waals surface area contributed by atoms with Crippen molar-refractivity contribution in [3.8, 4) is 0 Å². The number of aromatic nitrogens is 2. The van der Waals surface area contributed by atoms with Crippen LogP contribution in [-0.4, -0.2) is 42.5 Å². The lowest BCUT2D eigenvalue weighted by Crippen LogP contribution is -2.33. The van der Waals surface area contributed by atoms with E-state index in [4.69, 9.17) is 14.0 Å². The summed E-state index contributed by atoms with van der Waals surface area (Å²) in [6, 6.07) is 0.460. The van der Waals surface area contributed by atoms with Crippen LogP contribution in [0, 0.1) is 5.92 Å². The van der Waals surface area contributed by atoms with Crippen molar-refractivity contribution in [3.63, 3.8) is 0 Å². The Kier molecular flexibility index (Phi) is 4.10. The van der Waals surface area contributed by atoms with Gasteiger partial charge in [0.1, 0.15) is 6.10 Å². The Bertz CT molecular complexity index is 400. The molecule has 0 spiro atoms. The second kappa shape index (κ2) is 5.98. The van der Waals surface area contributed by atoms with Gasteiger partial charge < -0.3 is 19.3 Å². The van der Waals surface area contributed by atoms with Crippen molar-refractivity contribution in [3.05, 3.63) is 11.7 Å². The van der Waals surface area contributed by atoms with Crippen molar-refractivity contribution in [1.82, 2.24) is 15.5 Å². The standard InChI is InChI=1S/C13H21N3O3/c1-2-14-10(9-3-4-9)7-12-15-13(16-19-12)11-8-17-5-6-18-11/h9-11,14H,2-8H2,1H3. The summed E-state index contributed by atoms with van der Waals surface area (Å²) in [6.07, 6.45) is 3.24. The van der Waals surface area contributed by atoms with Crippen LogP contribution in [-0.2, 0) is 15.9 Å². The molecule has 106 valence electrons. The number of hydrogen-bond donors (Lipinski definition) is 1. The maximum absolute atomic E-state index is 5.56. The van der Waals surface area contributed by atoms with Crippen LogP contribution in [0.2, 0.25) is 0 Å². The molecule has 1 aliphatic carbocycles.